The van der Waals surface area contributed by atoms with Gasteiger partial charge in [0.2, 0.25) is 0 Å². The molecular formula is C65H87BN2O. The van der Waals surface area contributed by atoms with Gasteiger partial charge in [0, 0.05) is 28.2 Å². The molecule has 7 aliphatic rings. The van der Waals surface area contributed by atoms with Crippen molar-refractivity contribution in [2.75, 3.05) is 9.80 Å². The van der Waals surface area contributed by atoms with Crippen LogP contribution in [0.2, 0.25) is 0 Å². The van der Waals surface area contributed by atoms with E-state index in [1.54, 1.807) is 11.0 Å². The molecule has 4 heteroatoms. The monoisotopic (exact) mass is 923 g/mol. The molecule has 0 spiro atoms. The van der Waals surface area contributed by atoms with Gasteiger partial charge in [0.1, 0.15) is 5.76 Å². The van der Waals surface area contributed by atoms with Crippen molar-refractivity contribution < 1.29 is 4.42 Å². The number of hydrogen-bond donors (Lipinski definition) is 0. The molecule has 0 amide bonds. The lowest BCUT2D eigenvalue weighted by Crippen LogP contribution is -2.63. The molecule has 3 aromatic carbocycles. The predicted molar refractivity (Wildman–Crippen MR) is 296 cm³/mol. The maximum atomic E-state index is 7.89. The molecule has 11 rings (SSSR count). The molecule has 1 unspecified atom stereocenters. The molecule has 1 aromatic heterocycles. The number of hydrogen-bond acceptors (Lipinski definition) is 3. The summed E-state index contributed by atoms with van der Waals surface area (Å²) in [5.74, 6) is 2.33. The van der Waals surface area contributed by atoms with Gasteiger partial charge in [-0.25, -0.2) is 0 Å². The Balaban J connectivity index is 1.31. The molecule has 0 bridgehead atoms. The third-order valence-electron chi connectivity index (χ3n) is 20.4. The van der Waals surface area contributed by atoms with Gasteiger partial charge in [0.15, 0.2) is 5.88 Å². The predicted octanol–water partition coefficient (Wildman–Crippen LogP) is 16.4. The van der Waals surface area contributed by atoms with Crippen molar-refractivity contribution in [3.63, 3.8) is 0 Å². The lowest BCUT2D eigenvalue weighted by molar-refractivity contribution is 0.279. The van der Waals surface area contributed by atoms with Gasteiger partial charge < -0.3 is 14.2 Å². The first-order valence-corrected chi connectivity index (χ1v) is 27.4. The van der Waals surface area contributed by atoms with Crippen LogP contribution in [0.25, 0.3) is 0 Å². The Morgan fingerprint density at radius 3 is 1.55 bits per heavy atom. The second-order valence-electron chi connectivity index (χ2n) is 30.1. The fourth-order valence-electron chi connectivity index (χ4n) is 15.0. The SMILES string of the molecule is Cc1cc2c(cc1N1c3oc4c(c3B3C5=C(C=C(C(C)(C)C)CC51)N(c1ccc5c(c1)C(C)(C)CCC5(C)C)c1cc5c(cc13)C(C)(C)CCC5(C)C)C(C)(C)CCC4(C)C)C(C)(C)CCC2(C)C. The van der Waals surface area contributed by atoms with Gasteiger partial charge in [0.05, 0.1) is 6.04 Å². The van der Waals surface area contributed by atoms with Crippen LogP contribution in [0.4, 0.5) is 22.9 Å². The zero-order valence-electron chi connectivity index (χ0n) is 46.9. The van der Waals surface area contributed by atoms with Crippen LogP contribution in [-0.2, 0) is 43.3 Å². The Labute approximate surface area is 419 Å². The summed E-state index contributed by atoms with van der Waals surface area (Å²) >= 11 is 0. The molecule has 0 N–H and O–H groups in total. The summed E-state index contributed by atoms with van der Waals surface area (Å²) in [5.41, 5.74) is 23.8. The Kier molecular flexibility index (Phi) is 9.75. The minimum Gasteiger partial charge on any atom is -0.445 e. The second kappa shape index (κ2) is 14.2. The van der Waals surface area contributed by atoms with Crippen molar-refractivity contribution in [1.29, 1.82) is 0 Å². The van der Waals surface area contributed by atoms with E-state index in [1.165, 1.54) is 122 Å². The maximum Gasteiger partial charge on any atom is 0.252 e. The van der Waals surface area contributed by atoms with Crippen LogP contribution in [0.15, 0.2) is 69.7 Å². The smallest absolute Gasteiger partial charge is 0.252 e. The fourth-order valence-corrected chi connectivity index (χ4v) is 15.0. The second-order valence-corrected chi connectivity index (χ2v) is 30.1. The lowest BCUT2D eigenvalue weighted by Gasteiger charge is -2.52. The van der Waals surface area contributed by atoms with E-state index in [9.17, 15) is 0 Å². The van der Waals surface area contributed by atoms with E-state index in [-0.39, 0.29) is 61.5 Å². The average molecular weight is 923 g/mol. The molecule has 2 aliphatic heterocycles. The molecule has 0 radical (unpaired) electrons. The van der Waals surface area contributed by atoms with Crippen LogP contribution in [0.3, 0.4) is 0 Å². The van der Waals surface area contributed by atoms with E-state index < -0.39 is 0 Å². The van der Waals surface area contributed by atoms with E-state index in [0.29, 0.717) is 0 Å². The highest BCUT2D eigenvalue weighted by Crippen LogP contribution is 2.58. The number of nitrogens with zero attached hydrogens (tertiary/aromatic N) is 2. The first kappa shape index (κ1) is 47.4. The summed E-state index contributed by atoms with van der Waals surface area (Å²) in [7, 11) is 0. The molecule has 3 heterocycles. The average Bonchev–Trinajstić information content (AvgIpc) is 3.67. The lowest BCUT2D eigenvalue weighted by atomic mass is 9.30. The molecule has 5 aliphatic carbocycles. The van der Waals surface area contributed by atoms with Gasteiger partial charge in [-0.2, -0.15) is 0 Å². The Morgan fingerprint density at radius 1 is 0.536 bits per heavy atom. The summed E-state index contributed by atoms with van der Waals surface area (Å²) < 4.78 is 7.89. The molecule has 0 saturated carbocycles. The molecule has 1 atom stereocenters. The zero-order chi connectivity index (χ0) is 49.9. The third-order valence-corrected chi connectivity index (χ3v) is 20.4. The van der Waals surface area contributed by atoms with Crippen LogP contribution in [0, 0.1) is 12.3 Å². The molecule has 3 nitrogen and oxygen atoms in total. The van der Waals surface area contributed by atoms with E-state index in [2.05, 4.69) is 197 Å². The highest BCUT2D eigenvalue weighted by molar-refractivity contribution is 6.94. The first-order valence-electron chi connectivity index (χ1n) is 27.4. The third kappa shape index (κ3) is 6.77. The minimum atomic E-state index is -0.0862. The molecule has 366 valence electrons. The fraction of sp³-hybridized carbons (Fsp3) is 0.600. The number of allylic oxidation sites excluding steroid dienone is 1. The van der Waals surface area contributed by atoms with E-state index in [4.69, 9.17) is 4.42 Å². The molecule has 0 saturated heterocycles. The number of furan rings is 1. The van der Waals surface area contributed by atoms with Gasteiger partial charge in [-0.05, 0) is 199 Å². The molecular weight excluding hydrogens is 836 g/mol. The number of fused-ring (bicyclic) bond motifs is 9. The Morgan fingerprint density at radius 2 is 1.00 bits per heavy atom. The van der Waals surface area contributed by atoms with Crippen LogP contribution >= 0.6 is 0 Å². The normalized spacial score (nSPS) is 25.6. The van der Waals surface area contributed by atoms with Gasteiger partial charge >= 0.3 is 0 Å². The van der Waals surface area contributed by atoms with Crippen LogP contribution in [0.5, 0.6) is 0 Å². The van der Waals surface area contributed by atoms with E-state index >= 15 is 0 Å². The van der Waals surface area contributed by atoms with Crippen LogP contribution < -0.4 is 20.7 Å². The topological polar surface area (TPSA) is 19.6 Å². The maximum absolute atomic E-state index is 7.89. The summed E-state index contributed by atoms with van der Waals surface area (Å²) in [5, 5.41) is 0. The van der Waals surface area contributed by atoms with Crippen LogP contribution in [-0.4, -0.2) is 12.8 Å². The van der Waals surface area contributed by atoms with E-state index in [0.717, 1.165) is 25.1 Å². The highest BCUT2D eigenvalue weighted by Gasteiger charge is 2.57. The standard InChI is InChI=1S/C65H87BN2O/c1-38-31-42-45(62(13,14)27-25-59(42,7)8)36-48(38)68-51-33-39(57(2,3)4)32-50-53(51)66(54-52-55(69-56(54)68)65(19,20)30-29-64(52,17)18)47-35-44-46(63(15,16)28-26-61(44,11)12)37-49(47)67(50)40-21-22-41-43(34-40)60(9,10)24-23-58(41,5)6/h21-22,31-32,34-37,51H,23-30,33H2,1-20H3. The van der Waals surface area contributed by atoms with Gasteiger partial charge in [-0.15, -0.1) is 0 Å². The highest BCUT2D eigenvalue weighted by atomic mass is 16.4. The van der Waals surface area contributed by atoms with Crippen molar-refractivity contribution in [1.82, 2.24) is 0 Å². The van der Waals surface area contributed by atoms with Gasteiger partial charge in [0.25, 0.3) is 6.71 Å². The number of rotatable bonds is 2. The Hall–Kier alpha value is -3.92. The van der Waals surface area contributed by atoms with Crippen molar-refractivity contribution in [2.45, 2.75) is 246 Å². The first-order chi connectivity index (χ1) is 31.7. The molecule has 0 fully saturated rings. The van der Waals surface area contributed by atoms with Crippen molar-refractivity contribution in [3.05, 3.63) is 116 Å². The van der Waals surface area contributed by atoms with Crippen molar-refractivity contribution in [3.8, 4) is 0 Å². The van der Waals surface area contributed by atoms with E-state index in [1.807, 2.05) is 0 Å². The summed E-state index contributed by atoms with van der Waals surface area (Å²) in [6.07, 6.45) is 13.1. The van der Waals surface area contributed by atoms with Gasteiger partial charge in [-0.1, -0.05) is 155 Å². The number of aryl methyl sites for hydroxylation is 1. The quantitative estimate of drug-likeness (QED) is 0.187. The largest absolute Gasteiger partial charge is 0.445 e. The van der Waals surface area contributed by atoms with Gasteiger partial charge in [-0.3, -0.25) is 0 Å². The minimum absolute atomic E-state index is 0.0427. The molecule has 4 aromatic rings. The van der Waals surface area contributed by atoms with Crippen molar-refractivity contribution in [2.24, 2.45) is 5.41 Å². The van der Waals surface area contributed by atoms with Crippen LogP contribution in [0.1, 0.15) is 240 Å². The van der Waals surface area contributed by atoms with Crippen molar-refractivity contribution >= 4 is 40.6 Å². The zero-order valence-corrected chi connectivity index (χ0v) is 46.9. The number of benzene rings is 3. The summed E-state index contributed by atoms with van der Waals surface area (Å²) in [6, 6.07) is 18.5. The summed E-state index contributed by atoms with van der Waals surface area (Å²) in [6.45, 7) is 49.8. The Bertz CT molecular complexity index is 2940. The summed E-state index contributed by atoms with van der Waals surface area (Å²) in [4.78, 5) is 5.59. The molecule has 69 heavy (non-hydrogen) atoms. The number of anilines is 4.